The summed E-state index contributed by atoms with van der Waals surface area (Å²) in [4.78, 5) is 8.07. The SMILES string of the molecule is Cc1ccc(OCCN2CCc3nc(N)sc3C2)cc1. The van der Waals surface area contributed by atoms with Crippen LogP contribution in [0.1, 0.15) is 16.1 Å². The number of hydrogen-bond donors (Lipinski definition) is 1. The van der Waals surface area contributed by atoms with Gasteiger partial charge in [-0.1, -0.05) is 17.7 Å². The maximum atomic E-state index is 5.78. The first kappa shape index (κ1) is 13.4. The highest BCUT2D eigenvalue weighted by molar-refractivity contribution is 7.15. The van der Waals surface area contributed by atoms with E-state index in [-0.39, 0.29) is 0 Å². The summed E-state index contributed by atoms with van der Waals surface area (Å²) < 4.78 is 5.78. The molecule has 106 valence electrons. The van der Waals surface area contributed by atoms with Gasteiger partial charge in [-0.15, -0.1) is 11.3 Å². The Labute approximate surface area is 123 Å². The lowest BCUT2D eigenvalue weighted by Crippen LogP contribution is -2.33. The molecule has 1 aromatic heterocycles. The molecule has 2 heterocycles. The molecule has 0 saturated heterocycles. The molecule has 1 aromatic carbocycles. The van der Waals surface area contributed by atoms with E-state index in [2.05, 4.69) is 28.9 Å². The second-order valence-corrected chi connectivity index (χ2v) is 6.22. The molecule has 2 N–H and O–H groups in total. The number of ether oxygens (including phenoxy) is 1. The molecule has 0 radical (unpaired) electrons. The Balaban J connectivity index is 1.49. The van der Waals surface area contributed by atoms with Crippen molar-refractivity contribution in [3.8, 4) is 5.75 Å². The standard InChI is InChI=1S/C15H19N3OS/c1-11-2-4-12(5-3-11)19-9-8-18-7-6-13-14(10-18)20-15(16)17-13/h2-5H,6-10H2,1H3,(H2,16,17). The smallest absolute Gasteiger partial charge is 0.180 e. The van der Waals surface area contributed by atoms with Crippen LogP contribution >= 0.6 is 11.3 Å². The first-order chi connectivity index (χ1) is 9.70. The Morgan fingerprint density at radius 2 is 2.15 bits per heavy atom. The van der Waals surface area contributed by atoms with Crippen molar-refractivity contribution in [2.75, 3.05) is 25.4 Å². The van der Waals surface area contributed by atoms with Gasteiger partial charge in [-0.3, -0.25) is 4.90 Å². The summed E-state index contributed by atoms with van der Waals surface area (Å²) in [5.74, 6) is 0.940. The third-order valence-electron chi connectivity index (χ3n) is 3.52. The first-order valence-corrected chi connectivity index (χ1v) is 7.68. The molecule has 0 unspecified atom stereocenters. The summed E-state index contributed by atoms with van der Waals surface area (Å²) >= 11 is 1.61. The van der Waals surface area contributed by atoms with E-state index in [1.165, 1.54) is 16.1 Å². The average molecular weight is 289 g/mol. The highest BCUT2D eigenvalue weighted by atomic mass is 32.1. The Kier molecular flexibility index (Phi) is 3.89. The average Bonchev–Trinajstić information content (AvgIpc) is 2.80. The predicted octanol–water partition coefficient (Wildman–Crippen LogP) is 2.47. The number of nitrogens with two attached hydrogens (primary N) is 1. The predicted molar refractivity (Wildman–Crippen MR) is 82.2 cm³/mol. The lowest BCUT2D eigenvalue weighted by atomic mass is 10.2. The third kappa shape index (κ3) is 3.11. The summed E-state index contributed by atoms with van der Waals surface area (Å²) in [6, 6.07) is 8.19. The highest BCUT2D eigenvalue weighted by Crippen LogP contribution is 2.26. The van der Waals surface area contributed by atoms with E-state index in [9.17, 15) is 0 Å². The van der Waals surface area contributed by atoms with Gasteiger partial charge in [0.1, 0.15) is 12.4 Å². The van der Waals surface area contributed by atoms with Gasteiger partial charge in [0.15, 0.2) is 5.13 Å². The summed E-state index contributed by atoms with van der Waals surface area (Å²) in [5.41, 5.74) is 8.19. The summed E-state index contributed by atoms with van der Waals surface area (Å²) in [7, 11) is 0. The zero-order valence-corrected chi connectivity index (χ0v) is 12.4. The molecular formula is C15H19N3OS. The van der Waals surface area contributed by atoms with E-state index in [1.807, 2.05) is 12.1 Å². The molecule has 1 aliphatic heterocycles. The number of nitrogens with zero attached hydrogens (tertiary/aromatic N) is 2. The third-order valence-corrected chi connectivity index (χ3v) is 4.44. The van der Waals surface area contributed by atoms with Crippen molar-refractivity contribution in [3.05, 3.63) is 40.4 Å². The van der Waals surface area contributed by atoms with Crippen molar-refractivity contribution < 1.29 is 4.74 Å². The molecular weight excluding hydrogens is 270 g/mol. The van der Waals surface area contributed by atoms with E-state index in [0.717, 1.165) is 31.8 Å². The van der Waals surface area contributed by atoms with Gasteiger partial charge in [-0.05, 0) is 19.1 Å². The number of benzene rings is 1. The van der Waals surface area contributed by atoms with Crippen LogP contribution in [0.4, 0.5) is 5.13 Å². The number of aromatic nitrogens is 1. The van der Waals surface area contributed by atoms with Crippen LogP contribution in [-0.4, -0.2) is 29.6 Å². The topological polar surface area (TPSA) is 51.4 Å². The molecule has 0 saturated carbocycles. The molecule has 0 aliphatic carbocycles. The number of aryl methyl sites for hydroxylation is 1. The van der Waals surface area contributed by atoms with Crippen molar-refractivity contribution in [2.45, 2.75) is 19.9 Å². The second kappa shape index (κ2) is 5.81. The first-order valence-electron chi connectivity index (χ1n) is 6.86. The number of nitrogen functional groups attached to an aromatic ring is 1. The van der Waals surface area contributed by atoms with Crippen molar-refractivity contribution >= 4 is 16.5 Å². The molecule has 2 aromatic rings. The molecule has 0 spiro atoms. The summed E-state index contributed by atoms with van der Waals surface area (Å²) in [6.45, 7) is 5.71. The maximum Gasteiger partial charge on any atom is 0.180 e. The Morgan fingerprint density at radius 3 is 2.95 bits per heavy atom. The number of thiazole rings is 1. The maximum absolute atomic E-state index is 5.78. The monoisotopic (exact) mass is 289 g/mol. The largest absolute Gasteiger partial charge is 0.492 e. The van der Waals surface area contributed by atoms with Gasteiger partial charge in [-0.2, -0.15) is 0 Å². The van der Waals surface area contributed by atoms with Crippen LogP contribution in [-0.2, 0) is 13.0 Å². The number of anilines is 1. The molecule has 5 heteroatoms. The minimum atomic E-state index is 0.688. The van der Waals surface area contributed by atoms with Gasteiger partial charge >= 0.3 is 0 Å². The normalized spacial score (nSPS) is 15.1. The molecule has 4 nitrogen and oxygen atoms in total. The molecule has 20 heavy (non-hydrogen) atoms. The lowest BCUT2D eigenvalue weighted by Gasteiger charge is -2.25. The van der Waals surface area contributed by atoms with Gasteiger partial charge in [0, 0.05) is 30.9 Å². The van der Waals surface area contributed by atoms with E-state index >= 15 is 0 Å². The van der Waals surface area contributed by atoms with Gasteiger partial charge in [-0.25, -0.2) is 4.98 Å². The number of hydrogen-bond acceptors (Lipinski definition) is 5. The fourth-order valence-electron chi connectivity index (χ4n) is 2.39. The minimum absolute atomic E-state index is 0.688. The van der Waals surface area contributed by atoms with Gasteiger partial charge in [0.25, 0.3) is 0 Å². The molecule has 3 rings (SSSR count). The fourth-order valence-corrected chi connectivity index (χ4v) is 3.31. The van der Waals surface area contributed by atoms with E-state index in [4.69, 9.17) is 10.5 Å². The lowest BCUT2D eigenvalue weighted by molar-refractivity contribution is 0.197. The minimum Gasteiger partial charge on any atom is -0.492 e. The molecule has 0 fully saturated rings. The Bertz CT molecular complexity index is 579. The van der Waals surface area contributed by atoms with Crippen LogP contribution in [0.15, 0.2) is 24.3 Å². The van der Waals surface area contributed by atoms with E-state index < -0.39 is 0 Å². The van der Waals surface area contributed by atoms with Crippen LogP contribution in [0.3, 0.4) is 0 Å². The van der Waals surface area contributed by atoms with Crippen molar-refractivity contribution in [1.82, 2.24) is 9.88 Å². The van der Waals surface area contributed by atoms with Crippen molar-refractivity contribution in [2.24, 2.45) is 0 Å². The van der Waals surface area contributed by atoms with Crippen molar-refractivity contribution in [1.29, 1.82) is 0 Å². The van der Waals surface area contributed by atoms with Crippen LogP contribution in [0.25, 0.3) is 0 Å². The second-order valence-electron chi connectivity index (χ2n) is 5.11. The fraction of sp³-hybridized carbons (Fsp3) is 0.400. The van der Waals surface area contributed by atoms with Gasteiger partial charge < -0.3 is 10.5 Å². The molecule has 1 aliphatic rings. The highest BCUT2D eigenvalue weighted by Gasteiger charge is 2.19. The quantitative estimate of drug-likeness (QED) is 0.939. The van der Waals surface area contributed by atoms with Crippen LogP contribution < -0.4 is 10.5 Å². The summed E-state index contributed by atoms with van der Waals surface area (Å²) in [5, 5.41) is 0.688. The van der Waals surface area contributed by atoms with E-state index in [0.29, 0.717) is 11.7 Å². The molecule has 0 atom stereocenters. The van der Waals surface area contributed by atoms with Crippen LogP contribution in [0.2, 0.25) is 0 Å². The van der Waals surface area contributed by atoms with Crippen LogP contribution in [0.5, 0.6) is 5.75 Å². The van der Waals surface area contributed by atoms with Crippen molar-refractivity contribution in [3.63, 3.8) is 0 Å². The number of fused-ring (bicyclic) bond motifs is 1. The van der Waals surface area contributed by atoms with Gasteiger partial charge in [0.2, 0.25) is 0 Å². The van der Waals surface area contributed by atoms with Crippen LogP contribution in [0, 0.1) is 6.92 Å². The number of rotatable bonds is 4. The molecule has 0 bridgehead atoms. The van der Waals surface area contributed by atoms with E-state index in [1.54, 1.807) is 11.3 Å². The molecule has 0 amide bonds. The van der Waals surface area contributed by atoms with Gasteiger partial charge in [0.05, 0.1) is 5.69 Å². The summed E-state index contributed by atoms with van der Waals surface area (Å²) in [6.07, 6.45) is 0.994. The Hall–Kier alpha value is -1.59. The zero-order chi connectivity index (χ0) is 13.9. The zero-order valence-electron chi connectivity index (χ0n) is 11.6. The Morgan fingerprint density at radius 1 is 1.35 bits per heavy atom.